The number of ketones is 1. The first-order valence-corrected chi connectivity index (χ1v) is 12.9. The molecule has 0 saturated carbocycles. The summed E-state index contributed by atoms with van der Waals surface area (Å²) < 4.78 is 20.5. The molecule has 11 nitrogen and oxygen atoms in total. The molecule has 1 amide bonds. The average molecular weight is 540 g/mol. The minimum Gasteiger partial charge on any atom is -0.608 e. The Morgan fingerprint density at radius 2 is 1.85 bits per heavy atom. The third kappa shape index (κ3) is 6.03. The maximum atomic E-state index is 13.5. The lowest BCUT2D eigenvalue weighted by Crippen LogP contribution is -2.53. The second-order valence-corrected chi connectivity index (χ2v) is 10.4. The number of Topliss-reactive ketones (excluding diaryl/α,β-unsaturated/α-hetero) is 1. The third-order valence-corrected chi connectivity index (χ3v) is 6.96. The summed E-state index contributed by atoms with van der Waals surface area (Å²) in [5.74, 6) is -3.24. The Morgan fingerprint density at radius 1 is 1.13 bits per heavy atom. The number of carbonyl (C=O) groups excluding carboxylic acids is 4. The zero-order valence-electron chi connectivity index (χ0n) is 22.3. The number of nitrogens with one attached hydrogen (secondary N) is 1. The van der Waals surface area contributed by atoms with Gasteiger partial charge in [0.1, 0.15) is 11.7 Å². The fourth-order valence-corrected chi connectivity index (χ4v) is 5.14. The van der Waals surface area contributed by atoms with Crippen LogP contribution in [0.15, 0.2) is 48.5 Å². The Labute approximate surface area is 226 Å². The molecule has 2 aliphatic heterocycles. The standard InChI is InChI=1S/C27H33BN2O9/c1-15(2)13-18(28-37-23(26(34)36-4)24(38-28)27(35)39-28)14-21(32)22(16(3)31)30-25(33)20-12-8-11-19(29-20)17-9-6-5-7-10-17/h5-12,15-16,18,22-24,31,38H,13-14H2,1-4H3,(H,30,33)/t16-,18-,22+,23-,24+,28?/m1/s1. The number of fused-ring (bicyclic) bond motifs is 2. The van der Waals surface area contributed by atoms with Crippen LogP contribution < -0.4 is 5.32 Å². The highest BCUT2D eigenvalue weighted by Crippen LogP contribution is 2.44. The summed E-state index contributed by atoms with van der Waals surface area (Å²) in [5.41, 5.74) is 1.49. The number of carbonyl (C=O) groups is 4. The molecule has 1 unspecified atom stereocenters. The van der Waals surface area contributed by atoms with Crippen LogP contribution in [-0.2, 0) is 28.4 Å². The van der Waals surface area contributed by atoms with Crippen LogP contribution in [-0.4, -0.2) is 76.6 Å². The summed E-state index contributed by atoms with van der Waals surface area (Å²) in [7, 11) is 1.18. The predicted octanol–water partition coefficient (Wildman–Crippen LogP) is 1.57. The van der Waals surface area contributed by atoms with E-state index in [0.717, 1.165) is 5.56 Å². The van der Waals surface area contributed by atoms with Gasteiger partial charge < -0.3 is 29.1 Å². The van der Waals surface area contributed by atoms with Gasteiger partial charge in [-0.1, -0.05) is 56.7 Å². The van der Waals surface area contributed by atoms with Gasteiger partial charge in [-0.05, 0) is 37.2 Å². The summed E-state index contributed by atoms with van der Waals surface area (Å²) in [5, 5.41) is 13.0. The number of rotatable bonds is 11. The number of hydrogen-bond donors (Lipinski definition) is 2. The van der Waals surface area contributed by atoms with Crippen molar-refractivity contribution in [1.29, 1.82) is 0 Å². The van der Waals surface area contributed by atoms with E-state index in [2.05, 4.69) is 15.0 Å². The molecule has 2 aliphatic rings. The van der Waals surface area contributed by atoms with Gasteiger partial charge in [0.25, 0.3) is 5.91 Å². The Hall–Kier alpha value is -3.61. The van der Waals surface area contributed by atoms with Crippen LogP contribution in [0.2, 0.25) is 5.82 Å². The van der Waals surface area contributed by atoms with Crippen molar-refractivity contribution in [3.63, 3.8) is 0 Å². The van der Waals surface area contributed by atoms with Crippen molar-refractivity contribution in [2.45, 2.75) is 63.8 Å². The molecule has 6 atom stereocenters. The first-order chi connectivity index (χ1) is 18.5. The fourth-order valence-electron chi connectivity index (χ4n) is 5.14. The van der Waals surface area contributed by atoms with Gasteiger partial charge >= 0.3 is 18.7 Å². The number of esters is 1. The van der Waals surface area contributed by atoms with Crippen LogP contribution in [0.3, 0.4) is 0 Å². The molecule has 39 heavy (non-hydrogen) atoms. The van der Waals surface area contributed by atoms with Crippen molar-refractivity contribution in [1.82, 2.24) is 10.3 Å². The molecule has 2 bridgehead atoms. The lowest BCUT2D eigenvalue weighted by atomic mass is 9.58. The molecule has 2 aromatic rings. The molecule has 3 heterocycles. The Morgan fingerprint density at radius 3 is 2.49 bits per heavy atom. The van der Waals surface area contributed by atoms with E-state index in [0.29, 0.717) is 12.1 Å². The first kappa shape index (κ1) is 28.4. The van der Waals surface area contributed by atoms with E-state index < -0.39 is 60.6 Å². The molecule has 0 radical (unpaired) electrons. The van der Waals surface area contributed by atoms with Gasteiger partial charge in [0.15, 0.2) is 11.9 Å². The van der Waals surface area contributed by atoms with Crippen molar-refractivity contribution in [3.8, 4) is 11.3 Å². The van der Waals surface area contributed by atoms with E-state index in [1.165, 1.54) is 20.1 Å². The zero-order chi connectivity index (χ0) is 28.3. The molecular formula is C27H33BN2O9. The number of hydrogen-bond acceptors (Lipinski definition) is 9. The summed E-state index contributed by atoms with van der Waals surface area (Å²) in [6.45, 7) is 2.58. The van der Waals surface area contributed by atoms with Gasteiger partial charge in [-0.2, -0.15) is 0 Å². The number of amides is 1. The van der Waals surface area contributed by atoms with Gasteiger partial charge in [0.05, 0.1) is 18.9 Å². The lowest BCUT2D eigenvalue weighted by molar-refractivity contribution is -0.161. The summed E-state index contributed by atoms with van der Waals surface area (Å²) in [6, 6.07) is 13.0. The molecule has 2 fully saturated rings. The topological polar surface area (TPSA) is 154 Å². The van der Waals surface area contributed by atoms with E-state index >= 15 is 0 Å². The number of methoxy groups -OCH3 is 1. The minimum absolute atomic E-state index is 0.0531. The van der Waals surface area contributed by atoms with Crippen molar-refractivity contribution in [2.75, 3.05) is 7.11 Å². The normalized spacial score (nSPS) is 24.1. The van der Waals surface area contributed by atoms with E-state index in [1.54, 1.807) is 12.1 Å². The number of pyridine rings is 1. The average Bonchev–Trinajstić information content (AvgIpc) is 3.47. The van der Waals surface area contributed by atoms with Crippen LogP contribution in [0, 0.1) is 5.92 Å². The number of aliphatic hydroxyl groups excluding tert-OH is 1. The molecule has 1 aromatic heterocycles. The summed E-state index contributed by atoms with van der Waals surface area (Å²) in [6.07, 6.45) is -3.46. The van der Waals surface area contributed by atoms with Gasteiger partial charge in [0.2, 0.25) is 6.10 Å². The smallest absolute Gasteiger partial charge is 0.608 e. The Bertz CT molecular complexity index is 1240. The number of aliphatic hydroxyl groups is 2. The quantitative estimate of drug-likeness (QED) is 0.246. The van der Waals surface area contributed by atoms with E-state index in [1.807, 2.05) is 44.2 Å². The van der Waals surface area contributed by atoms with Crippen LogP contribution in [0.1, 0.15) is 44.1 Å². The van der Waals surface area contributed by atoms with Crippen molar-refractivity contribution >= 4 is 30.4 Å². The second kappa shape index (κ2) is 11.6. The SMILES string of the molecule is COC(=O)[C@@H]1O[B-]2([C@@H](CC(=O)[C@@H](NC(=O)c3cccc(-c4ccccc4)n3)[C@@H](C)O)CC(C)C)OC(=O)[C@H]1[OH+]2. The highest BCUT2D eigenvalue weighted by molar-refractivity contribution is 6.66. The maximum Gasteiger partial charge on any atom is 0.630 e. The van der Waals surface area contributed by atoms with Crippen LogP contribution in [0.25, 0.3) is 11.3 Å². The van der Waals surface area contributed by atoms with E-state index in [9.17, 15) is 24.3 Å². The molecule has 0 spiro atoms. The molecule has 0 aliphatic carbocycles. The molecule has 1 aromatic carbocycles. The van der Waals surface area contributed by atoms with E-state index in [-0.39, 0.29) is 18.0 Å². The lowest BCUT2D eigenvalue weighted by Gasteiger charge is -2.34. The second-order valence-electron chi connectivity index (χ2n) is 10.4. The highest BCUT2D eigenvalue weighted by Gasteiger charge is 2.69. The van der Waals surface area contributed by atoms with Crippen LogP contribution in [0.4, 0.5) is 0 Å². The van der Waals surface area contributed by atoms with Gasteiger partial charge in [-0.25, -0.2) is 14.6 Å². The molecule has 208 valence electrons. The number of nitrogens with zero attached hydrogens (tertiary/aromatic N) is 1. The highest BCUT2D eigenvalue weighted by atomic mass is 16.8. The third-order valence-electron chi connectivity index (χ3n) is 6.96. The monoisotopic (exact) mass is 540 g/mol. The zero-order valence-corrected chi connectivity index (χ0v) is 22.3. The number of aromatic nitrogens is 1. The summed E-state index contributed by atoms with van der Waals surface area (Å²) in [4.78, 5) is 55.6. The molecule has 3 N–H and O–H groups in total. The molecule has 12 heteroatoms. The van der Waals surface area contributed by atoms with Gasteiger partial charge in [0, 0.05) is 5.56 Å². The van der Waals surface area contributed by atoms with Crippen molar-refractivity contribution in [3.05, 3.63) is 54.2 Å². The van der Waals surface area contributed by atoms with Crippen LogP contribution in [0.5, 0.6) is 0 Å². The molecular weight excluding hydrogens is 507 g/mol. The number of ether oxygens (including phenoxy) is 1. The van der Waals surface area contributed by atoms with Crippen molar-refractivity contribution in [2.24, 2.45) is 5.92 Å². The minimum atomic E-state index is -2.66. The van der Waals surface area contributed by atoms with Crippen LogP contribution >= 0.6 is 0 Å². The van der Waals surface area contributed by atoms with E-state index in [4.69, 9.17) is 14.0 Å². The van der Waals surface area contributed by atoms with Gasteiger partial charge in [-0.15, -0.1) is 0 Å². The molecule has 4 rings (SSSR count). The number of benzene rings is 1. The Kier molecular flexibility index (Phi) is 8.48. The molecule has 2 saturated heterocycles. The fraction of sp³-hybridized carbons (Fsp3) is 0.444. The predicted molar refractivity (Wildman–Crippen MR) is 140 cm³/mol. The van der Waals surface area contributed by atoms with Crippen molar-refractivity contribution < 1.29 is 43.0 Å². The maximum absolute atomic E-state index is 13.5. The van der Waals surface area contributed by atoms with Gasteiger partial charge in [-0.3, -0.25) is 9.59 Å². The summed E-state index contributed by atoms with van der Waals surface area (Å²) >= 11 is 0. The first-order valence-electron chi connectivity index (χ1n) is 12.9. The largest absolute Gasteiger partial charge is 0.630 e. The Balaban J connectivity index is 1.52.